The molecule has 1 aliphatic rings. The van der Waals surface area contributed by atoms with Gasteiger partial charge in [-0.1, -0.05) is 72.3 Å². The number of rotatable bonds is 6. The summed E-state index contributed by atoms with van der Waals surface area (Å²) in [6.07, 6.45) is -0.105. The van der Waals surface area contributed by atoms with Gasteiger partial charge >= 0.3 is 6.09 Å². The molecule has 4 nitrogen and oxygen atoms in total. The molecule has 4 rings (SSSR count). The average molecular weight is 408 g/mol. The quantitative estimate of drug-likeness (QED) is 0.582. The van der Waals surface area contributed by atoms with Crippen LogP contribution in [0.15, 0.2) is 72.8 Å². The Labute approximate surface area is 175 Å². The van der Waals surface area contributed by atoms with E-state index in [1.165, 1.54) is 22.3 Å². The number of alkyl carbamates (subject to hydrolysis) is 1. The molecule has 0 unspecified atom stereocenters. The smallest absolute Gasteiger partial charge is 0.407 e. The van der Waals surface area contributed by atoms with Crippen LogP contribution in [0.25, 0.3) is 11.1 Å². The van der Waals surface area contributed by atoms with Crippen molar-refractivity contribution in [2.75, 3.05) is 13.2 Å². The number of amides is 1. The third-order valence-electron chi connectivity index (χ3n) is 5.33. The summed E-state index contributed by atoms with van der Waals surface area (Å²) in [5.74, 6) is 0.0139. The van der Waals surface area contributed by atoms with E-state index >= 15 is 0 Å². The maximum absolute atomic E-state index is 12.5. The van der Waals surface area contributed by atoms with Gasteiger partial charge in [-0.2, -0.15) is 0 Å². The van der Waals surface area contributed by atoms with Crippen molar-refractivity contribution in [3.8, 4) is 11.1 Å². The molecule has 5 heteroatoms. The highest BCUT2D eigenvalue weighted by atomic mass is 35.5. The summed E-state index contributed by atoms with van der Waals surface area (Å²) in [6, 6.07) is 23.3. The van der Waals surface area contributed by atoms with E-state index in [1.54, 1.807) is 12.1 Å². The van der Waals surface area contributed by atoms with Gasteiger partial charge in [-0.05, 0) is 46.4 Å². The molecule has 0 saturated carbocycles. The van der Waals surface area contributed by atoms with Crippen LogP contribution in [0.1, 0.15) is 35.1 Å². The second kappa shape index (κ2) is 8.68. The van der Waals surface area contributed by atoms with E-state index in [4.69, 9.17) is 16.3 Å². The topological polar surface area (TPSA) is 58.6 Å². The van der Waals surface area contributed by atoms with E-state index in [2.05, 4.69) is 29.6 Å². The number of hydrogen-bond acceptors (Lipinski definition) is 3. The van der Waals surface area contributed by atoms with Crippen molar-refractivity contribution in [3.05, 3.63) is 94.5 Å². The summed E-state index contributed by atoms with van der Waals surface area (Å²) >= 11 is 5.94. The number of halogens is 1. The maximum Gasteiger partial charge on any atom is 0.407 e. The second-order valence-electron chi connectivity index (χ2n) is 7.09. The van der Waals surface area contributed by atoms with Crippen LogP contribution in [-0.4, -0.2) is 24.4 Å². The number of nitrogens with one attached hydrogen (secondary N) is 1. The number of ether oxygens (including phenoxy) is 1. The van der Waals surface area contributed by atoms with Gasteiger partial charge in [-0.3, -0.25) is 0 Å². The second-order valence-corrected chi connectivity index (χ2v) is 7.52. The minimum Gasteiger partial charge on any atom is -0.449 e. The van der Waals surface area contributed by atoms with Crippen LogP contribution < -0.4 is 5.32 Å². The highest BCUT2D eigenvalue weighted by Gasteiger charge is 2.29. The normalized spacial score (nSPS) is 13.4. The molecule has 1 amide bonds. The number of fused-ring (bicyclic) bond motifs is 3. The summed E-state index contributed by atoms with van der Waals surface area (Å²) in [6.45, 7) is 0.212. The van der Waals surface area contributed by atoms with Crippen molar-refractivity contribution in [2.45, 2.75) is 18.4 Å². The van der Waals surface area contributed by atoms with Crippen molar-refractivity contribution < 1.29 is 14.6 Å². The molecule has 0 aromatic heterocycles. The minimum absolute atomic E-state index is 0.0139. The average Bonchev–Trinajstić information content (AvgIpc) is 3.06. The third kappa shape index (κ3) is 4.14. The van der Waals surface area contributed by atoms with Crippen LogP contribution >= 0.6 is 11.6 Å². The molecule has 2 N–H and O–H groups in total. The molecule has 1 atom stereocenters. The number of carbonyl (C=O) groups excluding carboxylic acids is 1. The van der Waals surface area contributed by atoms with Crippen molar-refractivity contribution in [3.63, 3.8) is 0 Å². The molecule has 0 heterocycles. The molecular weight excluding hydrogens is 386 g/mol. The zero-order chi connectivity index (χ0) is 20.2. The van der Waals surface area contributed by atoms with Crippen molar-refractivity contribution >= 4 is 17.7 Å². The van der Waals surface area contributed by atoms with Gasteiger partial charge in [0, 0.05) is 17.5 Å². The lowest BCUT2D eigenvalue weighted by Gasteiger charge is -2.20. The summed E-state index contributed by atoms with van der Waals surface area (Å²) < 4.78 is 5.60. The van der Waals surface area contributed by atoms with Crippen LogP contribution in [0.5, 0.6) is 0 Å². The van der Waals surface area contributed by atoms with Gasteiger partial charge in [0.1, 0.15) is 6.61 Å². The van der Waals surface area contributed by atoms with E-state index in [0.717, 1.165) is 5.56 Å². The van der Waals surface area contributed by atoms with E-state index in [-0.39, 0.29) is 25.2 Å². The molecule has 0 fully saturated rings. The number of aliphatic hydroxyl groups excluding tert-OH is 1. The van der Waals surface area contributed by atoms with Gasteiger partial charge in [0.05, 0.1) is 6.04 Å². The highest BCUT2D eigenvalue weighted by molar-refractivity contribution is 6.30. The molecule has 29 heavy (non-hydrogen) atoms. The fraction of sp³-hybridized carbons (Fsp3) is 0.208. The zero-order valence-electron chi connectivity index (χ0n) is 15.8. The first kappa shape index (κ1) is 19.5. The zero-order valence-corrected chi connectivity index (χ0v) is 16.6. The monoisotopic (exact) mass is 407 g/mol. The van der Waals surface area contributed by atoms with Crippen molar-refractivity contribution in [2.24, 2.45) is 0 Å². The predicted molar refractivity (Wildman–Crippen MR) is 114 cm³/mol. The molecule has 0 aliphatic heterocycles. The van der Waals surface area contributed by atoms with Gasteiger partial charge in [0.2, 0.25) is 0 Å². The highest BCUT2D eigenvalue weighted by Crippen LogP contribution is 2.44. The van der Waals surface area contributed by atoms with Gasteiger partial charge in [0.25, 0.3) is 0 Å². The molecule has 0 saturated heterocycles. The van der Waals surface area contributed by atoms with Crippen LogP contribution in [-0.2, 0) is 4.74 Å². The molecule has 0 spiro atoms. The first-order valence-electron chi connectivity index (χ1n) is 9.65. The summed E-state index contributed by atoms with van der Waals surface area (Å²) in [7, 11) is 0. The number of carbonyl (C=O) groups is 1. The number of aliphatic hydroxyl groups is 1. The summed E-state index contributed by atoms with van der Waals surface area (Å²) in [4.78, 5) is 12.5. The third-order valence-corrected chi connectivity index (χ3v) is 5.58. The first-order valence-corrected chi connectivity index (χ1v) is 10.0. The fourth-order valence-corrected chi connectivity index (χ4v) is 4.05. The van der Waals surface area contributed by atoms with Crippen molar-refractivity contribution in [1.82, 2.24) is 5.32 Å². The Morgan fingerprint density at radius 1 is 0.966 bits per heavy atom. The first-order chi connectivity index (χ1) is 14.2. The molecular formula is C24H22ClNO3. The summed E-state index contributed by atoms with van der Waals surface area (Å²) in [5, 5.41) is 12.9. The lowest BCUT2D eigenvalue weighted by Crippen LogP contribution is -2.30. The Morgan fingerprint density at radius 2 is 1.55 bits per heavy atom. The Morgan fingerprint density at radius 3 is 2.14 bits per heavy atom. The number of hydrogen-bond donors (Lipinski definition) is 2. The van der Waals surface area contributed by atoms with Gasteiger partial charge < -0.3 is 15.2 Å². The Balaban J connectivity index is 1.46. The van der Waals surface area contributed by atoms with Crippen LogP contribution in [0.4, 0.5) is 4.79 Å². The van der Waals surface area contributed by atoms with E-state index < -0.39 is 6.09 Å². The van der Waals surface area contributed by atoms with Crippen LogP contribution in [0, 0.1) is 0 Å². The molecule has 3 aromatic rings. The number of benzene rings is 3. The Kier molecular flexibility index (Phi) is 5.84. The Hall–Kier alpha value is -2.82. The molecule has 1 aliphatic carbocycles. The molecule has 0 radical (unpaired) electrons. The standard InChI is InChI=1S/C24H22ClNO3/c25-17-11-9-16(10-12-17)23(13-14-27)26-24(28)29-15-22-20-7-3-1-5-18(20)19-6-2-4-8-21(19)22/h1-12,22-23,27H,13-15H2,(H,26,28)/t23-/m0/s1. The van der Waals surface area contributed by atoms with Crippen LogP contribution in [0.3, 0.4) is 0 Å². The fourth-order valence-electron chi connectivity index (χ4n) is 3.93. The molecule has 3 aromatic carbocycles. The lowest BCUT2D eigenvalue weighted by molar-refractivity contribution is 0.136. The van der Waals surface area contributed by atoms with Gasteiger partial charge in [0.15, 0.2) is 0 Å². The van der Waals surface area contributed by atoms with Crippen molar-refractivity contribution in [1.29, 1.82) is 0 Å². The largest absolute Gasteiger partial charge is 0.449 e. The van der Waals surface area contributed by atoms with E-state index in [9.17, 15) is 9.90 Å². The lowest BCUT2D eigenvalue weighted by atomic mass is 9.98. The summed E-state index contributed by atoms with van der Waals surface area (Å²) in [5.41, 5.74) is 5.60. The molecule has 0 bridgehead atoms. The van der Waals surface area contributed by atoms with Crippen LogP contribution in [0.2, 0.25) is 5.02 Å². The maximum atomic E-state index is 12.5. The molecule has 148 valence electrons. The Bertz CT molecular complexity index is 958. The van der Waals surface area contributed by atoms with Gasteiger partial charge in [-0.25, -0.2) is 4.79 Å². The van der Waals surface area contributed by atoms with Gasteiger partial charge in [-0.15, -0.1) is 0 Å². The minimum atomic E-state index is -0.500. The SMILES string of the molecule is O=C(N[C@@H](CCO)c1ccc(Cl)cc1)OCC1c2ccccc2-c2ccccc21. The van der Waals surface area contributed by atoms with E-state index in [1.807, 2.05) is 36.4 Å². The van der Waals surface area contributed by atoms with E-state index in [0.29, 0.717) is 11.4 Å². The predicted octanol–water partition coefficient (Wildman–Crippen LogP) is 5.30.